The lowest BCUT2D eigenvalue weighted by Crippen LogP contribution is -2.64. The van der Waals surface area contributed by atoms with Crippen LogP contribution in [0.3, 0.4) is 0 Å². The molecule has 0 saturated carbocycles. The maximum Gasteiger partial charge on any atom is 0.240 e. The second-order valence-corrected chi connectivity index (χ2v) is 14.2. The van der Waals surface area contributed by atoms with Crippen LogP contribution in [-0.4, -0.2) is 200 Å². The molecule has 24 heteroatoms. The Morgan fingerprint density at radius 1 is 0.770 bits per heavy atom. The van der Waals surface area contributed by atoms with Crippen molar-refractivity contribution >= 4 is 35.3 Å². The summed E-state index contributed by atoms with van der Waals surface area (Å²) in [5.74, 6) is -2.43. The Bertz CT molecular complexity index is 1300. The molecule has 0 aromatic rings. The molecule has 0 aromatic heterocycles. The highest BCUT2D eigenvalue weighted by Crippen LogP contribution is 2.22. The van der Waals surface area contributed by atoms with Crippen LogP contribution in [-0.2, 0) is 57.2 Å². The van der Waals surface area contributed by atoms with E-state index in [0.717, 1.165) is 19.3 Å². The van der Waals surface area contributed by atoms with Crippen molar-refractivity contribution in [3.8, 4) is 0 Å². The van der Waals surface area contributed by atoms with E-state index in [9.17, 15) is 59.4 Å². The maximum atomic E-state index is 13.1. The third kappa shape index (κ3) is 24.7. The number of ether oxygens (including phenoxy) is 6. The molecule has 61 heavy (non-hydrogen) atoms. The number of carbonyl (C=O) groups excluding carboxylic acids is 6. The normalized spacial score (nSPS) is 21.3. The van der Waals surface area contributed by atoms with Crippen LogP contribution in [0.1, 0.15) is 66.2 Å². The molecule has 1 aliphatic heterocycles. The number of amides is 5. The van der Waals surface area contributed by atoms with Gasteiger partial charge in [-0.1, -0.05) is 12.8 Å². The monoisotopic (exact) mass is 884 g/mol. The lowest BCUT2D eigenvalue weighted by atomic mass is 9.97. The molecule has 1 aliphatic rings. The molecule has 0 aliphatic carbocycles. The molecule has 1 rings (SSSR count). The topological polar surface area (TPSA) is 351 Å². The molecule has 0 spiro atoms. The van der Waals surface area contributed by atoms with Gasteiger partial charge in [-0.15, -0.1) is 0 Å². The molecule has 0 radical (unpaired) electrons. The number of rotatable bonds is 34. The predicted octanol–water partition coefficient (Wildman–Crippen LogP) is -5.27. The third-order valence-electron chi connectivity index (χ3n) is 8.83. The summed E-state index contributed by atoms with van der Waals surface area (Å²) in [6.07, 6.45) is -7.09. The number of unbranched alkanes of at least 4 members (excludes halogenated alkanes) is 3. The molecular formula is C37H68N6O18. The summed E-state index contributed by atoms with van der Waals surface area (Å²) in [4.78, 5) is 72.3. The second kappa shape index (κ2) is 32.2. The number of aliphatic hydroxyl groups excluding tert-OH is 6. The van der Waals surface area contributed by atoms with E-state index >= 15 is 0 Å². The average Bonchev–Trinajstić information content (AvgIpc) is 3.19. The molecule has 10 unspecified atom stereocenters. The zero-order valence-electron chi connectivity index (χ0n) is 35.4. The summed E-state index contributed by atoms with van der Waals surface area (Å²) in [6, 6.07) is -2.21. The zero-order chi connectivity index (χ0) is 45.7. The van der Waals surface area contributed by atoms with Gasteiger partial charge in [0.2, 0.25) is 35.8 Å². The van der Waals surface area contributed by atoms with Crippen molar-refractivity contribution in [2.45, 2.75) is 128 Å². The highest BCUT2D eigenvalue weighted by molar-refractivity contribution is 5.85. The highest BCUT2D eigenvalue weighted by Gasteiger charge is 2.45. The largest absolute Gasteiger partial charge is 0.394 e. The van der Waals surface area contributed by atoms with Crippen molar-refractivity contribution < 1.29 is 87.8 Å². The Morgan fingerprint density at radius 2 is 1.46 bits per heavy atom. The number of aliphatic hydroxyl groups is 6. The van der Waals surface area contributed by atoms with E-state index in [2.05, 4.69) is 31.9 Å². The number of nitrogens with one attached hydrogen (secondary N) is 6. The summed E-state index contributed by atoms with van der Waals surface area (Å²) < 4.78 is 32.7. The molecule has 1 fully saturated rings. The first kappa shape index (κ1) is 55.5. The second-order valence-electron chi connectivity index (χ2n) is 14.2. The van der Waals surface area contributed by atoms with Crippen LogP contribution in [0.2, 0.25) is 0 Å². The fourth-order valence-corrected chi connectivity index (χ4v) is 5.56. The summed E-state index contributed by atoms with van der Waals surface area (Å²) in [5, 5.41) is 74.6. The third-order valence-corrected chi connectivity index (χ3v) is 8.83. The number of ketones is 1. The van der Waals surface area contributed by atoms with E-state index in [1.54, 1.807) is 0 Å². The Balaban J connectivity index is 2.61. The van der Waals surface area contributed by atoms with Crippen molar-refractivity contribution in [3.05, 3.63) is 0 Å². The Labute approximate surface area is 355 Å². The van der Waals surface area contributed by atoms with E-state index in [1.165, 1.54) is 27.7 Å². The van der Waals surface area contributed by atoms with Gasteiger partial charge in [0.25, 0.3) is 0 Å². The molecular weight excluding hydrogens is 816 g/mol. The molecule has 12 N–H and O–H groups in total. The van der Waals surface area contributed by atoms with Gasteiger partial charge in [0.1, 0.15) is 49.0 Å². The smallest absolute Gasteiger partial charge is 0.240 e. The maximum absolute atomic E-state index is 13.1. The Kier molecular flexibility index (Phi) is 29.3. The van der Waals surface area contributed by atoms with E-state index in [1.807, 2.05) is 0 Å². The molecule has 24 nitrogen and oxygen atoms in total. The fourth-order valence-electron chi connectivity index (χ4n) is 5.56. The van der Waals surface area contributed by atoms with E-state index in [0.29, 0.717) is 12.8 Å². The Hall–Kier alpha value is -3.50. The van der Waals surface area contributed by atoms with E-state index < -0.39 is 98.3 Å². The van der Waals surface area contributed by atoms with Gasteiger partial charge in [0.15, 0.2) is 12.5 Å². The fraction of sp³-hybridized carbons (Fsp3) is 0.838. The highest BCUT2D eigenvalue weighted by atomic mass is 16.7. The van der Waals surface area contributed by atoms with E-state index in [4.69, 9.17) is 28.4 Å². The van der Waals surface area contributed by atoms with Gasteiger partial charge in [0.05, 0.1) is 58.9 Å². The van der Waals surface area contributed by atoms with Crippen molar-refractivity contribution in [2.24, 2.45) is 0 Å². The van der Waals surface area contributed by atoms with Crippen LogP contribution in [0.5, 0.6) is 0 Å². The van der Waals surface area contributed by atoms with Crippen molar-refractivity contribution in [2.75, 3.05) is 72.6 Å². The predicted molar refractivity (Wildman–Crippen MR) is 210 cm³/mol. The van der Waals surface area contributed by atoms with E-state index in [-0.39, 0.29) is 77.5 Å². The Morgan fingerprint density at radius 3 is 2.08 bits per heavy atom. The van der Waals surface area contributed by atoms with Crippen LogP contribution in [0.25, 0.3) is 0 Å². The van der Waals surface area contributed by atoms with Crippen LogP contribution >= 0.6 is 0 Å². The van der Waals surface area contributed by atoms with Crippen molar-refractivity contribution in [3.63, 3.8) is 0 Å². The molecule has 0 bridgehead atoms. The van der Waals surface area contributed by atoms with Crippen LogP contribution in [0.15, 0.2) is 0 Å². The minimum Gasteiger partial charge on any atom is -0.394 e. The number of carbonyl (C=O) groups is 6. The lowest BCUT2D eigenvalue weighted by Gasteiger charge is -2.42. The SMILES string of the molecule is CC(=O)CCCCCCC(=O)NCC(NCC(=O)NCCOCCOC(OC(CO)C(C)O)C(O)NC(C)=O)C(=O)NCOCCOC1OC(CO)C(O)C(O)C1NC(C)=O. The quantitative estimate of drug-likeness (QED) is 0.0212. The molecule has 354 valence electrons. The molecule has 1 saturated heterocycles. The van der Waals surface area contributed by atoms with Gasteiger partial charge < -0.3 is 90.4 Å². The average molecular weight is 885 g/mol. The first-order chi connectivity index (χ1) is 29.0. The van der Waals surface area contributed by atoms with Gasteiger partial charge in [0, 0.05) is 39.8 Å². The summed E-state index contributed by atoms with van der Waals surface area (Å²) in [5.41, 5.74) is 0. The number of Topliss-reactive ketones (excluding diaryl/α,β-unsaturated/α-hetero) is 1. The van der Waals surface area contributed by atoms with Gasteiger partial charge >= 0.3 is 0 Å². The van der Waals surface area contributed by atoms with Gasteiger partial charge in [-0.3, -0.25) is 29.3 Å². The number of hydrogen-bond donors (Lipinski definition) is 12. The van der Waals surface area contributed by atoms with Crippen LogP contribution in [0.4, 0.5) is 0 Å². The first-order valence-electron chi connectivity index (χ1n) is 20.2. The standard InChI is InChI=1S/C37H68N6O18/c1-22(46)9-7-5-6-8-10-29(50)40-17-26(34(54)41-21-57-14-16-58-36-31(42-24(3)48)33(53)32(52)28(20-45)61-36)39-18-30(51)38-11-12-56-13-15-59-37(35(55)43-25(4)49)60-27(19-44)23(2)47/h23,26-28,31-33,35-37,39,44-45,47,52-53,55H,5-21H2,1-4H3,(H,38,51)(H,40,50)(H,41,54)(H,42,48)(H,43,49). The van der Waals surface area contributed by atoms with Crippen LogP contribution < -0.4 is 31.9 Å². The minimum absolute atomic E-state index is 0.0306. The minimum atomic E-state index is -1.61. The lowest BCUT2D eigenvalue weighted by molar-refractivity contribution is -0.272. The van der Waals surface area contributed by atoms with Crippen molar-refractivity contribution in [1.82, 2.24) is 31.9 Å². The molecule has 5 amide bonds. The van der Waals surface area contributed by atoms with Crippen molar-refractivity contribution in [1.29, 1.82) is 0 Å². The summed E-state index contributed by atoms with van der Waals surface area (Å²) >= 11 is 0. The molecule has 0 aromatic carbocycles. The molecule has 1 heterocycles. The van der Waals surface area contributed by atoms with Crippen LogP contribution in [0, 0.1) is 0 Å². The zero-order valence-corrected chi connectivity index (χ0v) is 35.4. The van der Waals surface area contributed by atoms with Gasteiger partial charge in [-0.2, -0.15) is 0 Å². The first-order valence-corrected chi connectivity index (χ1v) is 20.2. The van der Waals surface area contributed by atoms with Gasteiger partial charge in [-0.25, -0.2) is 0 Å². The van der Waals surface area contributed by atoms with Gasteiger partial charge in [-0.05, 0) is 26.7 Å². The molecule has 10 atom stereocenters. The summed E-state index contributed by atoms with van der Waals surface area (Å²) in [6.45, 7) is 2.91. The number of hydrogen-bond acceptors (Lipinski definition) is 19. The summed E-state index contributed by atoms with van der Waals surface area (Å²) in [7, 11) is 0.